The number of amides is 3. The number of benzene rings is 3. The molecule has 3 unspecified atom stereocenters. The molecule has 8 nitrogen and oxygen atoms in total. The third-order valence-electron chi connectivity index (χ3n) is 8.10. The molecule has 0 radical (unpaired) electrons. The van der Waals surface area contributed by atoms with Crippen molar-refractivity contribution in [3.05, 3.63) is 89.5 Å². The van der Waals surface area contributed by atoms with Crippen LogP contribution in [0.2, 0.25) is 0 Å². The Morgan fingerprint density at radius 1 is 1.02 bits per heavy atom. The Morgan fingerprint density at radius 3 is 2.54 bits per heavy atom. The van der Waals surface area contributed by atoms with E-state index in [0.29, 0.717) is 47.6 Å². The summed E-state index contributed by atoms with van der Waals surface area (Å²) in [7, 11) is 0. The Morgan fingerprint density at radius 2 is 1.78 bits per heavy atom. The van der Waals surface area contributed by atoms with Crippen LogP contribution in [0.3, 0.4) is 0 Å². The van der Waals surface area contributed by atoms with Gasteiger partial charge < -0.3 is 21.1 Å². The van der Waals surface area contributed by atoms with Crippen LogP contribution in [-0.2, 0) is 9.59 Å². The van der Waals surface area contributed by atoms with E-state index >= 15 is 0 Å². The molecule has 3 atom stereocenters. The molecule has 1 heterocycles. The molecule has 2 aliphatic rings. The van der Waals surface area contributed by atoms with Crippen LogP contribution in [0.15, 0.2) is 72.8 Å². The number of ether oxygens (including phenoxy) is 1. The molecule has 0 saturated heterocycles. The zero-order valence-electron chi connectivity index (χ0n) is 23.5. The maximum absolute atomic E-state index is 13.8. The first-order chi connectivity index (χ1) is 19.9. The van der Waals surface area contributed by atoms with Gasteiger partial charge in [-0.25, -0.2) is 0 Å². The zero-order valence-corrected chi connectivity index (χ0v) is 23.5. The maximum Gasteiger partial charge on any atom is 0.265 e. The van der Waals surface area contributed by atoms with E-state index < -0.39 is 6.04 Å². The van der Waals surface area contributed by atoms with Gasteiger partial charge in [-0.1, -0.05) is 54.4 Å². The molecule has 5 rings (SSSR count). The first kappa shape index (κ1) is 28.4. The van der Waals surface area contributed by atoms with E-state index in [1.807, 2.05) is 49.4 Å². The molecule has 0 bridgehead atoms. The molecule has 3 amide bonds. The molecule has 214 valence electrons. The molecule has 1 aliphatic carbocycles. The zero-order chi connectivity index (χ0) is 28.8. The summed E-state index contributed by atoms with van der Waals surface area (Å²) in [6, 6.07) is 21.5. The molecule has 4 N–H and O–H groups in total. The highest BCUT2D eigenvalue weighted by Gasteiger charge is 2.34. The average Bonchev–Trinajstić information content (AvgIpc) is 3.14. The summed E-state index contributed by atoms with van der Waals surface area (Å²) < 4.78 is 5.81. The third-order valence-corrected chi connectivity index (χ3v) is 8.10. The van der Waals surface area contributed by atoms with Gasteiger partial charge in [-0.15, -0.1) is 0 Å². The van der Waals surface area contributed by atoms with Crippen molar-refractivity contribution in [2.75, 3.05) is 29.9 Å². The van der Waals surface area contributed by atoms with Crippen molar-refractivity contribution >= 4 is 29.1 Å². The molecule has 0 aromatic heterocycles. The number of anilines is 2. The van der Waals surface area contributed by atoms with Gasteiger partial charge in [0.1, 0.15) is 5.75 Å². The van der Waals surface area contributed by atoms with Gasteiger partial charge in [0.05, 0.1) is 23.8 Å². The number of hydrogen-bond donors (Lipinski definition) is 3. The SMILES string of the molecule is Cc1ccc(C2CC(=O)Nc3cc(C(=O)NCC4CCCC(CN)C4)ccc3N2C(=O)COc2ccccc2)cc1. The highest BCUT2D eigenvalue weighted by atomic mass is 16.5. The molecule has 1 saturated carbocycles. The molecule has 41 heavy (non-hydrogen) atoms. The lowest BCUT2D eigenvalue weighted by Crippen LogP contribution is -2.38. The van der Waals surface area contributed by atoms with Gasteiger partial charge in [0, 0.05) is 12.1 Å². The fourth-order valence-corrected chi connectivity index (χ4v) is 5.86. The second-order valence-corrected chi connectivity index (χ2v) is 11.1. The van der Waals surface area contributed by atoms with Gasteiger partial charge in [-0.2, -0.15) is 0 Å². The van der Waals surface area contributed by atoms with Crippen molar-refractivity contribution in [3.8, 4) is 5.75 Å². The van der Waals surface area contributed by atoms with Crippen molar-refractivity contribution in [3.63, 3.8) is 0 Å². The first-order valence-corrected chi connectivity index (χ1v) is 14.4. The van der Waals surface area contributed by atoms with Gasteiger partial charge in [0.2, 0.25) is 5.91 Å². The Kier molecular flexibility index (Phi) is 8.99. The van der Waals surface area contributed by atoms with Crippen LogP contribution >= 0.6 is 0 Å². The number of rotatable bonds is 8. The Hall–Kier alpha value is -4.17. The van der Waals surface area contributed by atoms with E-state index in [9.17, 15) is 14.4 Å². The van der Waals surface area contributed by atoms with E-state index in [-0.39, 0.29) is 30.7 Å². The number of hydrogen-bond acceptors (Lipinski definition) is 5. The van der Waals surface area contributed by atoms with Crippen LogP contribution < -0.4 is 26.0 Å². The molecule has 3 aromatic carbocycles. The second-order valence-electron chi connectivity index (χ2n) is 11.1. The fraction of sp³-hybridized carbons (Fsp3) is 0.364. The smallest absolute Gasteiger partial charge is 0.265 e. The number of nitrogens with two attached hydrogens (primary N) is 1. The van der Waals surface area contributed by atoms with E-state index in [1.54, 1.807) is 35.2 Å². The standard InChI is InChI=1S/C33H38N4O4/c1-22-10-12-25(13-11-22)30-18-31(38)36-28-17-26(33(40)35-20-24-7-5-6-23(16-24)19-34)14-15-29(28)37(30)32(39)21-41-27-8-3-2-4-9-27/h2-4,8-15,17,23-24,30H,5-7,16,18-21,34H2,1H3,(H,35,40)(H,36,38). The summed E-state index contributed by atoms with van der Waals surface area (Å²) in [5.74, 6) is 0.783. The van der Waals surface area contributed by atoms with Gasteiger partial charge in [-0.05, 0) is 80.5 Å². The third kappa shape index (κ3) is 6.95. The summed E-state index contributed by atoms with van der Waals surface area (Å²) in [6.07, 6.45) is 4.47. The lowest BCUT2D eigenvalue weighted by atomic mass is 9.81. The minimum atomic E-state index is -0.537. The van der Waals surface area contributed by atoms with Crippen molar-refractivity contribution in [1.82, 2.24) is 5.32 Å². The van der Waals surface area contributed by atoms with Crippen LogP contribution in [0.4, 0.5) is 11.4 Å². The number of aryl methyl sites for hydroxylation is 1. The number of fused-ring (bicyclic) bond motifs is 1. The monoisotopic (exact) mass is 554 g/mol. The highest BCUT2D eigenvalue weighted by molar-refractivity contribution is 6.07. The van der Waals surface area contributed by atoms with Gasteiger partial charge in [-0.3, -0.25) is 19.3 Å². The molecular weight excluding hydrogens is 516 g/mol. The predicted molar refractivity (Wildman–Crippen MR) is 160 cm³/mol. The van der Waals surface area contributed by atoms with Crippen molar-refractivity contribution in [1.29, 1.82) is 0 Å². The van der Waals surface area contributed by atoms with Gasteiger partial charge in [0.25, 0.3) is 11.8 Å². The number of para-hydroxylation sites is 1. The summed E-state index contributed by atoms with van der Waals surface area (Å²) in [6.45, 7) is 3.07. The van der Waals surface area contributed by atoms with E-state index in [0.717, 1.165) is 36.8 Å². The molecule has 1 aliphatic heterocycles. The molecule has 3 aromatic rings. The normalized spacial score (nSPS) is 20.4. The number of nitrogens with zero attached hydrogens (tertiary/aromatic N) is 1. The minimum absolute atomic E-state index is 0.0698. The molecule has 8 heteroatoms. The first-order valence-electron chi connectivity index (χ1n) is 14.4. The lowest BCUT2D eigenvalue weighted by Gasteiger charge is -2.31. The fourth-order valence-electron chi connectivity index (χ4n) is 5.86. The quantitative estimate of drug-likeness (QED) is 0.363. The highest BCUT2D eigenvalue weighted by Crippen LogP contribution is 2.39. The van der Waals surface area contributed by atoms with Crippen LogP contribution in [-0.4, -0.2) is 37.4 Å². The Balaban J connectivity index is 1.40. The van der Waals surface area contributed by atoms with E-state index in [4.69, 9.17) is 10.5 Å². The van der Waals surface area contributed by atoms with Crippen LogP contribution in [0, 0.1) is 18.8 Å². The predicted octanol–water partition coefficient (Wildman–Crippen LogP) is 4.99. The van der Waals surface area contributed by atoms with Crippen LogP contribution in [0.25, 0.3) is 0 Å². The minimum Gasteiger partial charge on any atom is -0.484 e. The van der Waals surface area contributed by atoms with Crippen molar-refractivity contribution in [2.24, 2.45) is 17.6 Å². The second kappa shape index (κ2) is 13.0. The number of nitrogens with one attached hydrogen (secondary N) is 2. The van der Waals surface area contributed by atoms with Crippen molar-refractivity contribution in [2.45, 2.75) is 45.1 Å². The molecule has 1 fully saturated rings. The van der Waals surface area contributed by atoms with Gasteiger partial charge in [0.15, 0.2) is 6.61 Å². The van der Waals surface area contributed by atoms with Gasteiger partial charge >= 0.3 is 0 Å². The number of carbonyl (C=O) groups is 3. The summed E-state index contributed by atoms with van der Waals surface area (Å²) >= 11 is 0. The average molecular weight is 555 g/mol. The maximum atomic E-state index is 13.8. The van der Waals surface area contributed by atoms with Crippen molar-refractivity contribution < 1.29 is 19.1 Å². The lowest BCUT2D eigenvalue weighted by molar-refractivity contribution is -0.121. The topological polar surface area (TPSA) is 114 Å². The van der Waals surface area contributed by atoms with E-state index in [2.05, 4.69) is 10.6 Å². The summed E-state index contributed by atoms with van der Waals surface area (Å²) in [4.78, 5) is 41.6. The summed E-state index contributed by atoms with van der Waals surface area (Å²) in [5.41, 5.74) is 9.18. The largest absolute Gasteiger partial charge is 0.484 e. The van der Waals surface area contributed by atoms with E-state index in [1.165, 1.54) is 0 Å². The number of carbonyl (C=O) groups excluding carboxylic acids is 3. The Labute approximate surface area is 241 Å². The molecule has 0 spiro atoms. The Bertz CT molecular complexity index is 1380. The van der Waals surface area contributed by atoms with Crippen LogP contribution in [0.1, 0.15) is 59.6 Å². The molecular formula is C33H38N4O4. The summed E-state index contributed by atoms with van der Waals surface area (Å²) in [5, 5.41) is 6.01. The van der Waals surface area contributed by atoms with Crippen LogP contribution in [0.5, 0.6) is 5.75 Å².